The maximum absolute atomic E-state index is 13.1. The maximum Gasteiger partial charge on any atom is 0.438 e. The molecule has 1 aromatic carbocycles. The van der Waals surface area contributed by atoms with Crippen LogP contribution in [0, 0.1) is 27.2 Å². The van der Waals surface area contributed by atoms with E-state index in [-0.39, 0.29) is 5.76 Å². The first-order chi connectivity index (χ1) is 11.6. The summed E-state index contributed by atoms with van der Waals surface area (Å²) >= 11 is 0. The van der Waals surface area contributed by atoms with Gasteiger partial charge < -0.3 is 4.42 Å². The van der Waals surface area contributed by atoms with E-state index in [1.807, 2.05) is 5.43 Å². The first-order valence-electron chi connectivity index (χ1n) is 6.50. The van der Waals surface area contributed by atoms with Crippen molar-refractivity contribution in [1.82, 2.24) is 0 Å². The molecule has 0 saturated carbocycles. The van der Waals surface area contributed by atoms with Gasteiger partial charge in [-0.05, 0) is 25.1 Å². The number of furan rings is 1. The monoisotopic (exact) mass is 358 g/mol. The Morgan fingerprint density at radius 1 is 1.16 bits per heavy atom. The number of nitrogens with zero attached hydrogens (tertiary/aromatic N) is 3. The third-order valence-electron chi connectivity index (χ3n) is 2.92. The second-order valence-electron chi connectivity index (χ2n) is 4.70. The molecule has 0 fully saturated rings. The molecule has 0 saturated heterocycles. The molecule has 0 radical (unpaired) electrons. The van der Waals surface area contributed by atoms with Gasteiger partial charge in [0.1, 0.15) is 11.4 Å². The third kappa shape index (κ3) is 4.10. The van der Waals surface area contributed by atoms with E-state index in [0.717, 1.165) is 18.2 Å². The van der Waals surface area contributed by atoms with E-state index in [9.17, 15) is 33.4 Å². The SMILES string of the molecule is Cc1ccc(C(=NNc2ccc([N+](=O)[O-])cc2[N+](=O)[O-])C(F)(F)F)o1. The van der Waals surface area contributed by atoms with Gasteiger partial charge in [-0.2, -0.15) is 18.3 Å². The van der Waals surface area contributed by atoms with Crippen LogP contribution in [0.5, 0.6) is 0 Å². The second-order valence-corrected chi connectivity index (χ2v) is 4.70. The van der Waals surface area contributed by atoms with Crippen molar-refractivity contribution in [2.45, 2.75) is 13.1 Å². The number of alkyl halides is 3. The van der Waals surface area contributed by atoms with E-state index in [2.05, 4.69) is 5.10 Å². The zero-order chi connectivity index (χ0) is 18.8. The van der Waals surface area contributed by atoms with Crippen LogP contribution in [0.2, 0.25) is 0 Å². The van der Waals surface area contributed by atoms with Crippen molar-refractivity contribution in [3.63, 3.8) is 0 Å². The van der Waals surface area contributed by atoms with Crippen molar-refractivity contribution >= 4 is 22.8 Å². The number of nitro groups is 2. The topological polar surface area (TPSA) is 124 Å². The summed E-state index contributed by atoms with van der Waals surface area (Å²) in [5.41, 5.74) is -1.34. The molecule has 0 aliphatic heterocycles. The third-order valence-corrected chi connectivity index (χ3v) is 2.92. The van der Waals surface area contributed by atoms with Gasteiger partial charge in [-0.15, -0.1) is 0 Å². The first kappa shape index (κ1) is 17.9. The van der Waals surface area contributed by atoms with Crippen LogP contribution in [0.25, 0.3) is 0 Å². The summed E-state index contributed by atoms with van der Waals surface area (Å²) in [4.78, 5) is 19.8. The Morgan fingerprint density at radius 3 is 2.32 bits per heavy atom. The minimum atomic E-state index is -4.90. The minimum absolute atomic E-state index is 0.216. The maximum atomic E-state index is 13.1. The van der Waals surface area contributed by atoms with Crippen molar-refractivity contribution in [3.8, 4) is 0 Å². The number of aryl methyl sites for hydroxylation is 1. The Labute approximate surface area is 137 Å². The molecule has 0 unspecified atom stereocenters. The van der Waals surface area contributed by atoms with Crippen LogP contribution in [0.15, 0.2) is 39.9 Å². The van der Waals surface area contributed by atoms with E-state index in [1.54, 1.807) is 0 Å². The predicted octanol–water partition coefficient (Wildman–Crippen LogP) is 3.78. The normalized spacial score (nSPS) is 12.1. The number of rotatable bonds is 5. The molecule has 2 rings (SSSR count). The molecule has 0 aliphatic carbocycles. The predicted molar refractivity (Wildman–Crippen MR) is 79.4 cm³/mol. The van der Waals surface area contributed by atoms with Crippen LogP contribution >= 0.6 is 0 Å². The molecule has 1 heterocycles. The number of nitrogens with one attached hydrogen (secondary N) is 1. The van der Waals surface area contributed by atoms with Crippen molar-refractivity contribution < 1.29 is 27.4 Å². The number of halogens is 3. The zero-order valence-corrected chi connectivity index (χ0v) is 12.4. The molecule has 0 atom stereocenters. The van der Waals surface area contributed by atoms with Crippen LogP contribution in [-0.2, 0) is 0 Å². The Bertz CT molecular complexity index is 860. The standard InChI is InChI=1S/C13H9F3N4O5/c1-7-2-5-11(25-7)12(13(14,15)16)18-17-9-4-3-8(19(21)22)6-10(9)20(23)24/h2-6,17H,1H3. The van der Waals surface area contributed by atoms with Gasteiger partial charge in [0.05, 0.1) is 15.9 Å². The number of nitro benzene ring substituents is 2. The summed E-state index contributed by atoms with van der Waals surface area (Å²) in [5, 5.41) is 24.8. The number of hydrazone groups is 1. The number of non-ortho nitro benzene ring substituents is 1. The molecule has 0 spiro atoms. The average molecular weight is 358 g/mol. The van der Waals surface area contributed by atoms with Crippen LogP contribution in [0.3, 0.4) is 0 Å². The summed E-state index contributed by atoms with van der Waals surface area (Å²) in [5.74, 6) is -0.365. The van der Waals surface area contributed by atoms with Gasteiger partial charge >= 0.3 is 11.9 Å². The molecule has 12 heteroatoms. The highest BCUT2D eigenvalue weighted by atomic mass is 19.4. The van der Waals surface area contributed by atoms with Crippen molar-refractivity contribution in [2.24, 2.45) is 5.10 Å². The van der Waals surface area contributed by atoms with Gasteiger partial charge in [0.15, 0.2) is 5.76 Å². The number of benzene rings is 1. The molecular weight excluding hydrogens is 349 g/mol. The lowest BCUT2D eigenvalue weighted by atomic mass is 10.2. The smallest absolute Gasteiger partial charge is 0.438 e. The molecule has 1 aromatic heterocycles. The molecule has 9 nitrogen and oxygen atoms in total. The molecule has 25 heavy (non-hydrogen) atoms. The van der Waals surface area contributed by atoms with E-state index in [4.69, 9.17) is 4.42 Å². The highest BCUT2D eigenvalue weighted by Gasteiger charge is 2.39. The fourth-order valence-electron chi connectivity index (χ4n) is 1.82. The lowest BCUT2D eigenvalue weighted by Gasteiger charge is -2.09. The van der Waals surface area contributed by atoms with Crippen molar-refractivity contribution in [3.05, 3.63) is 62.1 Å². The molecule has 2 aromatic rings. The number of hydrogen-bond acceptors (Lipinski definition) is 7. The van der Waals surface area contributed by atoms with Gasteiger partial charge in [-0.3, -0.25) is 25.7 Å². The minimum Gasteiger partial charge on any atom is -0.460 e. The first-order valence-corrected chi connectivity index (χ1v) is 6.50. The van der Waals surface area contributed by atoms with Crippen LogP contribution in [0.4, 0.5) is 30.2 Å². The van der Waals surface area contributed by atoms with E-state index in [1.165, 1.54) is 13.0 Å². The van der Waals surface area contributed by atoms with Crippen LogP contribution < -0.4 is 5.43 Å². The summed E-state index contributed by atoms with van der Waals surface area (Å²) in [6.45, 7) is 1.44. The lowest BCUT2D eigenvalue weighted by molar-refractivity contribution is -0.393. The van der Waals surface area contributed by atoms with Crippen molar-refractivity contribution in [1.29, 1.82) is 0 Å². The fraction of sp³-hybridized carbons (Fsp3) is 0.154. The fourth-order valence-corrected chi connectivity index (χ4v) is 1.82. The zero-order valence-electron chi connectivity index (χ0n) is 12.4. The van der Waals surface area contributed by atoms with E-state index in [0.29, 0.717) is 6.07 Å². The number of anilines is 1. The van der Waals surface area contributed by atoms with E-state index < -0.39 is 44.6 Å². The summed E-state index contributed by atoms with van der Waals surface area (Å²) < 4.78 is 44.2. The summed E-state index contributed by atoms with van der Waals surface area (Å²) in [6.07, 6.45) is -4.90. The Balaban J connectivity index is 2.44. The molecule has 0 amide bonds. The Kier molecular flexibility index (Phi) is 4.72. The average Bonchev–Trinajstić information content (AvgIpc) is 2.92. The lowest BCUT2D eigenvalue weighted by Crippen LogP contribution is -2.24. The molecular formula is C13H9F3N4O5. The van der Waals surface area contributed by atoms with Crippen LogP contribution in [-0.4, -0.2) is 21.7 Å². The van der Waals surface area contributed by atoms with Gasteiger partial charge in [-0.1, -0.05) is 0 Å². The molecule has 132 valence electrons. The van der Waals surface area contributed by atoms with Crippen LogP contribution in [0.1, 0.15) is 11.5 Å². The Hall–Kier alpha value is -3.44. The number of hydrogen-bond donors (Lipinski definition) is 1. The summed E-state index contributed by atoms with van der Waals surface area (Å²) in [6, 6.07) is 4.75. The molecule has 1 N–H and O–H groups in total. The van der Waals surface area contributed by atoms with Gasteiger partial charge in [0.25, 0.3) is 5.69 Å². The summed E-state index contributed by atoms with van der Waals surface area (Å²) in [7, 11) is 0. The molecule has 0 aliphatic rings. The van der Waals surface area contributed by atoms with E-state index >= 15 is 0 Å². The van der Waals surface area contributed by atoms with Gasteiger partial charge in [0, 0.05) is 6.07 Å². The van der Waals surface area contributed by atoms with Gasteiger partial charge in [0.2, 0.25) is 5.71 Å². The molecule has 0 bridgehead atoms. The Morgan fingerprint density at radius 2 is 1.84 bits per heavy atom. The highest BCUT2D eigenvalue weighted by molar-refractivity contribution is 6.02. The quantitative estimate of drug-likeness (QED) is 0.493. The van der Waals surface area contributed by atoms with Crippen molar-refractivity contribution in [2.75, 3.05) is 5.43 Å². The largest absolute Gasteiger partial charge is 0.460 e. The highest BCUT2D eigenvalue weighted by Crippen LogP contribution is 2.30. The second kappa shape index (κ2) is 6.59. The van der Waals surface area contributed by atoms with Gasteiger partial charge in [-0.25, -0.2) is 0 Å².